The molecular weight excluding hydrogens is 560 g/mol. The first-order valence-corrected chi connectivity index (χ1v) is 14.6. The molecule has 0 amide bonds. The average molecular weight is 577 g/mol. The highest BCUT2D eigenvalue weighted by atomic mass is 32.2. The molecule has 1 heterocycles. The number of benzene rings is 3. The molecular formula is C22H16F4N2O6S3. The van der Waals surface area contributed by atoms with E-state index in [0.29, 0.717) is 3.97 Å². The summed E-state index contributed by atoms with van der Waals surface area (Å²) in [6.07, 6.45) is 0. The van der Waals surface area contributed by atoms with Crippen molar-refractivity contribution in [3.05, 3.63) is 90.2 Å². The van der Waals surface area contributed by atoms with Gasteiger partial charge < -0.3 is 0 Å². The number of para-hydroxylation sites is 1. The zero-order chi connectivity index (χ0) is 27.2. The Morgan fingerprint density at radius 3 is 2.00 bits per heavy atom. The predicted molar refractivity (Wildman–Crippen MR) is 125 cm³/mol. The van der Waals surface area contributed by atoms with Gasteiger partial charge in [0.15, 0.2) is 5.03 Å². The molecule has 4 rings (SSSR count). The quantitative estimate of drug-likeness (QED) is 0.335. The summed E-state index contributed by atoms with van der Waals surface area (Å²) in [6.45, 7) is -0.774. The highest BCUT2D eigenvalue weighted by Crippen LogP contribution is 2.32. The second-order valence-electron chi connectivity index (χ2n) is 7.66. The fourth-order valence-electron chi connectivity index (χ4n) is 3.46. The number of rotatable bonds is 7. The number of sulfone groups is 1. The van der Waals surface area contributed by atoms with Gasteiger partial charge in [0.25, 0.3) is 10.0 Å². The van der Waals surface area contributed by atoms with E-state index in [1.807, 2.05) is 0 Å². The fraction of sp³-hybridized carbons (Fsp3) is 0.0909. The van der Waals surface area contributed by atoms with E-state index in [1.54, 1.807) is 6.07 Å². The van der Waals surface area contributed by atoms with Crippen LogP contribution in [0.4, 0.5) is 17.6 Å². The maximum atomic E-state index is 14.4. The third-order valence-electron chi connectivity index (χ3n) is 5.27. The van der Waals surface area contributed by atoms with Crippen molar-refractivity contribution < 1.29 is 42.8 Å². The summed E-state index contributed by atoms with van der Waals surface area (Å²) in [5, 5.41) is -0.457. The Labute approximate surface area is 209 Å². The van der Waals surface area contributed by atoms with Crippen LogP contribution in [-0.2, 0) is 36.4 Å². The SMILES string of the molecule is O=S(=O)(c1ccc(CNS(=O)(=O)C(F)(F)F)cc1)c1cc2ccccc2n1S(=O)(=O)c1ccccc1F. The van der Waals surface area contributed by atoms with Gasteiger partial charge in [-0.05, 0) is 42.0 Å². The third-order valence-corrected chi connectivity index (χ3v) is 10.0. The van der Waals surface area contributed by atoms with Crippen LogP contribution >= 0.6 is 0 Å². The molecule has 0 aliphatic rings. The highest BCUT2D eigenvalue weighted by molar-refractivity contribution is 7.93. The minimum Gasteiger partial charge on any atom is -0.222 e. The molecule has 1 aromatic heterocycles. The Balaban J connectivity index is 1.79. The summed E-state index contributed by atoms with van der Waals surface area (Å²) in [5.74, 6) is -1.09. The lowest BCUT2D eigenvalue weighted by Gasteiger charge is -2.13. The molecule has 0 unspecified atom stereocenters. The summed E-state index contributed by atoms with van der Waals surface area (Å²) in [7, 11) is -14.9. The van der Waals surface area contributed by atoms with Crippen molar-refractivity contribution in [2.75, 3.05) is 0 Å². The summed E-state index contributed by atoms with van der Waals surface area (Å²) < 4.78 is 130. The van der Waals surface area contributed by atoms with Crippen LogP contribution < -0.4 is 4.72 Å². The Morgan fingerprint density at radius 2 is 1.38 bits per heavy atom. The maximum Gasteiger partial charge on any atom is 0.511 e. The number of halogens is 4. The van der Waals surface area contributed by atoms with Crippen LogP contribution in [0.15, 0.2) is 93.7 Å². The van der Waals surface area contributed by atoms with E-state index in [0.717, 1.165) is 42.5 Å². The largest absolute Gasteiger partial charge is 0.511 e. The number of nitrogens with one attached hydrogen (secondary N) is 1. The predicted octanol–water partition coefficient (Wildman–Crippen LogP) is 3.79. The molecule has 0 saturated heterocycles. The molecule has 0 bridgehead atoms. The summed E-state index contributed by atoms with van der Waals surface area (Å²) in [5.41, 5.74) is -5.54. The summed E-state index contributed by atoms with van der Waals surface area (Å²) in [4.78, 5) is -1.18. The smallest absolute Gasteiger partial charge is 0.222 e. The van der Waals surface area contributed by atoms with Gasteiger partial charge in [-0.25, -0.2) is 38.3 Å². The summed E-state index contributed by atoms with van der Waals surface area (Å²) >= 11 is 0. The lowest BCUT2D eigenvalue weighted by atomic mass is 10.2. The van der Waals surface area contributed by atoms with Crippen molar-refractivity contribution in [1.29, 1.82) is 0 Å². The third kappa shape index (κ3) is 4.86. The van der Waals surface area contributed by atoms with Gasteiger partial charge in [-0.1, -0.05) is 42.5 Å². The molecule has 0 aliphatic heterocycles. The Bertz CT molecular complexity index is 1810. The minimum absolute atomic E-state index is 0.00583. The first-order chi connectivity index (χ1) is 17.2. The van der Waals surface area contributed by atoms with E-state index in [1.165, 1.54) is 35.1 Å². The van der Waals surface area contributed by atoms with Crippen molar-refractivity contribution in [2.45, 2.75) is 26.9 Å². The monoisotopic (exact) mass is 576 g/mol. The van der Waals surface area contributed by atoms with E-state index in [2.05, 4.69) is 0 Å². The van der Waals surface area contributed by atoms with Crippen LogP contribution in [0.3, 0.4) is 0 Å². The molecule has 0 radical (unpaired) electrons. The maximum absolute atomic E-state index is 14.4. The molecule has 0 aliphatic carbocycles. The number of nitrogens with zero attached hydrogens (tertiary/aromatic N) is 1. The van der Waals surface area contributed by atoms with Gasteiger partial charge in [-0.3, -0.25) is 0 Å². The van der Waals surface area contributed by atoms with Gasteiger partial charge in [0.1, 0.15) is 10.7 Å². The molecule has 37 heavy (non-hydrogen) atoms. The van der Waals surface area contributed by atoms with E-state index in [9.17, 15) is 42.8 Å². The zero-order valence-corrected chi connectivity index (χ0v) is 20.8. The van der Waals surface area contributed by atoms with Crippen LogP contribution in [0.2, 0.25) is 0 Å². The van der Waals surface area contributed by atoms with E-state index >= 15 is 0 Å². The van der Waals surface area contributed by atoms with Gasteiger partial charge in [0.2, 0.25) is 9.84 Å². The number of alkyl halides is 3. The molecule has 1 N–H and O–H groups in total. The first kappa shape index (κ1) is 26.8. The van der Waals surface area contributed by atoms with Crippen LogP contribution in [0, 0.1) is 5.82 Å². The molecule has 8 nitrogen and oxygen atoms in total. The topological polar surface area (TPSA) is 119 Å². The summed E-state index contributed by atoms with van der Waals surface area (Å²) in [6, 6.07) is 15.5. The lowest BCUT2D eigenvalue weighted by molar-refractivity contribution is -0.0448. The van der Waals surface area contributed by atoms with Crippen molar-refractivity contribution >= 4 is 40.8 Å². The van der Waals surface area contributed by atoms with Crippen molar-refractivity contribution in [3.8, 4) is 0 Å². The van der Waals surface area contributed by atoms with Crippen molar-refractivity contribution in [3.63, 3.8) is 0 Å². The van der Waals surface area contributed by atoms with Gasteiger partial charge in [-0.15, -0.1) is 0 Å². The lowest BCUT2D eigenvalue weighted by Crippen LogP contribution is -2.35. The molecule has 0 saturated carbocycles. The number of sulfonamides is 1. The molecule has 0 fully saturated rings. The highest BCUT2D eigenvalue weighted by Gasteiger charge is 2.45. The van der Waals surface area contributed by atoms with Gasteiger partial charge in [-0.2, -0.15) is 13.2 Å². The van der Waals surface area contributed by atoms with Crippen molar-refractivity contribution in [1.82, 2.24) is 8.69 Å². The normalized spacial score (nSPS) is 13.2. The van der Waals surface area contributed by atoms with Crippen LogP contribution in [0.5, 0.6) is 0 Å². The second-order valence-corrected chi connectivity index (χ2v) is 13.1. The van der Waals surface area contributed by atoms with Gasteiger partial charge in [0, 0.05) is 11.9 Å². The molecule has 0 atom stereocenters. The molecule has 196 valence electrons. The van der Waals surface area contributed by atoms with E-state index < -0.39 is 62.6 Å². The Kier molecular flexibility index (Phi) is 6.69. The molecule has 15 heteroatoms. The van der Waals surface area contributed by atoms with E-state index in [-0.39, 0.29) is 16.5 Å². The number of fused-ring (bicyclic) bond motifs is 1. The fourth-order valence-corrected chi connectivity index (χ4v) is 7.38. The molecule has 4 aromatic rings. The first-order valence-electron chi connectivity index (χ1n) is 10.2. The Morgan fingerprint density at radius 1 is 0.784 bits per heavy atom. The standard InChI is InChI=1S/C22H16F4N2O6S3/c23-18-6-2-4-8-20(18)36(31,32)28-19-7-3-1-5-16(19)13-21(28)35(29,30)17-11-9-15(10-12-17)14-27-37(33,34)22(24,25)26/h1-13,27H,14H2. The van der Waals surface area contributed by atoms with Gasteiger partial charge >= 0.3 is 15.5 Å². The number of hydrogen-bond acceptors (Lipinski definition) is 6. The van der Waals surface area contributed by atoms with E-state index in [4.69, 9.17) is 0 Å². The van der Waals surface area contributed by atoms with Crippen LogP contribution in [0.25, 0.3) is 10.9 Å². The van der Waals surface area contributed by atoms with Crippen molar-refractivity contribution in [2.24, 2.45) is 0 Å². The zero-order valence-electron chi connectivity index (χ0n) is 18.3. The molecule has 0 spiro atoms. The molecule has 3 aromatic carbocycles. The van der Waals surface area contributed by atoms with Crippen LogP contribution in [0.1, 0.15) is 5.56 Å². The number of aromatic nitrogens is 1. The second kappa shape index (κ2) is 9.24. The van der Waals surface area contributed by atoms with Gasteiger partial charge in [0.05, 0.1) is 10.4 Å². The Hall–Kier alpha value is -3.27. The average Bonchev–Trinajstić information content (AvgIpc) is 3.24. The van der Waals surface area contributed by atoms with Crippen LogP contribution in [-0.4, -0.2) is 34.7 Å². The minimum atomic E-state index is -5.61. The number of hydrogen-bond donors (Lipinski definition) is 1.